The van der Waals surface area contributed by atoms with E-state index in [4.69, 9.17) is 5.11 Å². The van der Waals surface area contributed by atoms with Crippen molar-refractivity contribution >= 4 is 5.97 Å². The van der Waals surface area contributed by atoms with Crippen molar-refractivity contribution < 1.29 is 15.0 Å². The molecule has 3 N–H and O–H groups in total. The fraction of sp³-hybridized carbons (Fsp3) is 0.938. The highest BCUT2D eigenvalue weighted by Gasteiger charge is 2.10. The summed E-state index contributed by atoms with van der Waals surface area (Å²) in [5.41, 5.74) is 0. The van der Waals surface area contributed by atoms with Crippen molar-refractivity contribution in [3.8, 4) is 0 Å². The van der Waals surface area contributed by atoms with Gasteiger partial charge in [-0.25, -0.2) is 0 Å². The minimum absolute atomic E-state index is 0.302. The minimum Gasteiger partial charge on any atom is -0.480 e. The number of carboxylic acids is 1. The van der Waals surface area contributed by atoms with E-state index in [1.807, 2.05) is 0 Å². The number of nitrogens with one attached hydrogen (secondary N) is 1. The molecule has 0 aromatic carbocycles. The molecule has 0 radical (unpaired) electrons. The zero-order valence-corrected chi connectivity index (χ0v) is 13.2. The lowest BCUT2D eigenvalue weighted by atomic mass is 10.0. The summed E-state index contributed by atoms with van der Waals surface area (Å²) < 4.78 is 0. The van der Waals surface area contributed by atoms with Gasteiger partial charge in [0, 0.05) is 0 Å². The standard InChI is InChI=1S/C16H33NO3/c1-3-4-5-6-7-8-9-10-11-15(18)12-13-17-14(2)16(19)20/h14-15,17-18H,3-13H2,1-2H3,(H,19,20). The molecule has 0 saturated heterocycles. The first kappa shape index (κ1) is 19.4. The highest BCUT2D eigenvalue weighted by atomic mass is 16.4. The normalized spacial score (nSPS) is 14.2. The largest absolute Gasteiger partial charge is 0.480 e. The molecule has 0 rings (SSSR count). The molecular formula is C16H33NO3. The van der Waals surface area contributed by atoms with Crippen LogP contribution in [-0.2, 0) is 4.79 Å². The number of hydrogen-bond acceptors (Lipinski definition) is 3. The molecule has 0 bridgehead atoms. The van der Waals surface area contributed by atoms with Gasteiger partial charge in [0.1, 0.15) is 6.04 Å². The van der Waals surface area contributed by atoms with Crippen LogP contribution in [0.4, 0.5) is 0 Å². The second kappa shape index (κ2) is 13.4. The highest BCUT2D eigenvalue weighted by Crippen LogP contribution is 2.11. The molecule has 0 saturated carbocycles. The van der Waals surface area contributed by atoms with E-state index in [1.54, 1.807) is 6.92 Å². The fourth-order valence-corrected chi connectivity index (χ4v) is 2.21. The van der Waals surface area contributed by atoms with Crippen molar-refractivity contribution in [3.05, 3.63) is 0 Å². The van der Waals surface area contributed by atoms with E-state index in [0.29, 0.717) is 13.0 Å². The summed E-state index contributed by atoms with van der Waals surface area (Å²) in [5.74, 6) is -0.845. The summed E-state index contributed by atoms with van der Waals surface area (Å²) in [6, 6.07) is -0.537. The fourth-order valence-electron chi connectivity index (χ4n) is 2.21. The third-order valence-electron chi connectivity index (χ3n) is 3.69. The minimum atomic E-state index is -0.845. The number of unbranched alkanes of at least 4 members (excludes halogenated alkanes) is 7. The third-order valence-corrected chi connectivity index (χ3v) is 3.69. The Morgan fingerprint density at radius 3 is 2.10 bits per heavy atom. The Morgan fingerprint density at radius 2 is 1.55 bits per heavy atom. The maximum Gasteiger partial charge on any atom is 0.320 e. The van der Waals surface area contributed by atoms with Gasteiger partial charge in [0.15, 0.2) is 0 Å². The Morgan fingerprint density at radius 1 is 1.00 bits per heavy atom. The Balaban J connectivity index is 3.28. The number of carbonyl (C=O) groups is 1. The zero-order valence-electron chi connectivity index (χ0n) is 13.2. The molecule has 0 aromatic heterocycles. The van der Waals surface area contributed by atoms with Crippen molar-refractivity contribution in [2.24, 2.45) is 0 Å². The molecular weight excluding hydrogens is 254 g/mol. The van der Waals surface area contributed by atoms with Crippen LogP contribution in [0.1, 0.15) is 78.1 Å². The molecule has 0 fully saturated rings. The van der Waals surface area contributed by atoms with E-state index in [1.165, 1.54) is 44.9 Å². The molecule has 20 heavy (non-hydrogen) atoms. The van der Waals surface area contributed by atoms with Gasteiger partial charge < -0.3 is 15.5 Å². The number of rotatable bonds is 14. The molecule has 4 heteroatoms. The van der Waals surface area contributed by atoms with Crippen molar-refractivity contribution in [1.82, 2.24) is 5.32 Å². The smallest absolute Gasteiger partial charge is 0.320 e. The van der Waals surface area contributed by atoms with Gasteiger partial charge in [-0.2, -0.15) is 0 Å². The van der Waals surface area contributed by atoms with Crippen LogP contribution in [0, 0.1) is 0 Å². The lowest BCUT2D eigenvalue weighted by molar-refractivity contribution is -0.139. The molecule has 0 aliphatic carbocycles. The topological polar surface area (TPSA) is 69.6 Å². The van der Waals surface area contributed by atoms with Gasteiger partial charge in [0.2, 0.25) is 0 Å². The first-order chi connectivity index (χ1) is 9.57. The maximum absolute atomic E-state index is 10.6. The predicted molar refractivity (Wildman–Crippen MR) is 83.0 cm³/mol. The van der Waals surface area contributed by atoms with Gasteiger partial charge in [0.05, 0.1) is 6.10 Å². The van der Waals surface area contributed by atoms with Crippen molar-refractivity contribution in [2.75, 3.05) is 6.54 Å². The van der Waals surface area contributed by atoms with Crippen LogP contribution in [0.2, 0.25) is 0 Å². The number of aliphatic carboxylic acids is 1. The van der Waals surface area contributed by atoms with Crippen LogP contribution in [0.5, 0.6) is 0 Å². The third kappa shape index (κ3) is 12.4. The van der Waals surface area contributed by atoms with Crippen LogP contribution in [-0.4, -0.2) is 34.9 Å². The van der Waals surface area contributed by atoms with Gasteiger partial charge >= 0.3 is 5.97 Å². The SMILES string of the molecule is CCCCCCCCCCC(O)CCNC(C)C(=O)O. The molecule has 0 amide bonds. The predicted octanol–water partition coefficient (Wildman–Crippen LogP) is 3.33. The first-order valence-corrected chi connectivity index (χ1v) is 8.22. The van der Waals surface area contributed by atoms with Gasteiger partial charge in [-0.3, -0.25) is 4.79 Å². The Hall–Kier alpha value is -0.610. The summed E-state index contributed by atoms with van der Waals surface area (Å²) >= 11 is 0. The number of aliphatic hydroxyl groups is 1. The van der Waals surface area contributed by atoms with E-state index < -0.39 is 12.0 Å². The summed E-state index contributed by atoms with van der Waals surface area (Å²) in [6.07, 6.45) is 11.3. The van der Waals surface area contributed by atoms with E-state index in [9.17, 15) is 9.90 Å². The summed E-state index contributed by atoms with van der Waals surface area (Å²) in [5, 5.41) is 21.4. The first-order valence-electron chi connectivity index (χ1n) is 8.22. The number of carboxylic acid groups (broad SMARTS) is 1. The molecule has 4 nitrogen and oxygen atoms in total. The van der Waals surface area contributed by atoms with Gasteiger partial charge in [-0.05, 0) is 26.3 Å². The van der Waals surface area contributed by atoms with Crippen LogP contribution >= 0.6 is 0 Å². The van der Waals surface area contributed by atoms with Gasteiger partial charge in [0.25, 0.3) is 0 Å². The molecule has 120 valence electrons. The quantitative estimate of drug-likeness (QED) is 0.429. The second-order valence-electron chi connectivity index (χ2n) is 5.72. The van der Waals surface area contributed by atoms with E-state index >= 15 is 0 Å². The van der Waals surface area contributed by atoms with Crippen molar-refractivity contribution in [1.29, 1.82) is 0 Å². The molecule has 2 unspecified atom stereocenters. The van der Waals surface area contributed by atoms with Crippen LogP contribution in [0.3, 0.4) is 0 Å². The zero-order chi connectivity index (χ0) is 15.2. The van der Waals surface area contributed by atoms with Crippen molar-refractivity contribution in [2.45, 2.75) is 90.2 Å². The van der Waals surface area contributed by atoms with Crippen LogP contribution in [0.15, 0.2) is 0 Å². The average molecular weight is 287 g/mol. The number of hydrogen-bond donors (Lipinski definition) is 3. The van der Waals surface area contributed by atoms with E-state index in [-0.39, 0.29) is 6.10 Å². The lowest BCUT2D eigenvalue weighted by Gasteiger charge is -2.13. The molecule has 2 atom stereocenters. The van der Waals surface area contributed by atoms with Crippen molar-refractivity contribution in [3.63, 3.8) is 0 Å². The summed E-state index contributed by atoms with van der Waals surface area (Å²) in [6.45, 7) is 4.41. The average Bonchev–Trinajstić information content (AvgIpc) is 2.41. The molecule has 0 heterocycles. The monoisotopic (exact) mass is 287 g/mol. The summed E-state index contributed by atoms with van der Waals surface area (Å²) in [7, 11) is 0. The molecule has 0 aliphatic heterocycles. The van der Waals surface area contributed by atoms with E-state index in [0.717, 1.165) is 12.8 Å². The lowest BCUT2D eigenvalue weighted by Crippen LogP contribution is -2.35. The maximum atomic E-state index is 10.6. The summed E-state index contributed by atoms with van der Waals surface area (Å²) in [4.78, 5) is 10.6. The van der Waals surface area contributed by atoms with Gasteiger partial charge in [-0.15, -0.1) is 0 Å². The van der Waals surface area contributed by atoms with Crippen LogP contribution < -0.4 is 5.32 Å². The molecule has 0 aromatic rings. The Kier molecular flexibility index (Phi) is 13.0. The van der Waals surface area contributed by atoms with Gasteiger partial charge in [-0.1, -0.05) is 58.3 Å². The Bertz CT molecular complexity index is 234. The van der Waals surface area contributed by atoms with E-state index in [2.05, 4.69) is 12.2 Å². The number of aliphatic hydroxyl groups excluding tert-OH is 1. The molecule has 0 spiro atoms. The second-order valence-corrected chi connectivity index (χ2v) is 5.72. The highest BCUT2D eigenvalue weighted by molar-refractivity contribution is 5.72. The Labute approximate surface area is 124 Å². The van der Waals surface area contributed by atoms with Crippen LogP contribution in [0.25, 0.3) is 0 Å². The molecule has 0 aliphatic rings.